The maximum absolute atomic E-state index is 8.84. The highest BCUT2D eigenvalue weighted by atomic mass is 35.5. The Bertz CT molecular complexity index is 160. The summed E-state index contributed by atoms with van der Waals surface area (Å²) in [7, 11) is 0. The fourth-order valence-electron chi connectivity index (χ4n) is 0.589. The Morgan fingerprint density at radius 1 is 0.923 bits per heavy atom. The van der Waals surface area contributed by atoms with Crippen molar-refractivity contribution in [2.24, 2.45) is 0 Å². The van der Waals surface area contributed by atoms with Gasteiger partial charge < -0.3 is 5.11 Å². The third-order valence-corrected chi connectivity index (χ3v) is 5.53. The third kappa shape index (κ3) is 2.84. The van der Waals surface area contributed by atoms with E-state index in [-0.39, 0.29) is 6.42 Å². The molecule has 0 aliphatic rings. The van der Waals surface area contributed by atoms with Crippen molar-refractivity contribution in [3.05, 3.63) is 0 Å². The molecule has 0 fully saturated rings. The van der Waals surface area contributed by atoms with E-state index in [0.29, 0.717) is 0 Å². The quantitative estimate of drug-likeness (QED) is 0.781. The molecule has 0 bridgehead atoms. The van der Waals surface area contributed by atoms with Crippen LogP contribution >= 0.6 is 69.6 Å². The van der Waals surface area contributed by atoms with Crippen molar-refractivity contribution in [1.29, 1.82) is 0 Å². The Kier molecular flexibility index (Phi) is 5.31. The first-order chi connectivity index (χ1) is 5.62. The van der Waals surface area contributed by atoms with Crippen LogP contribution in [0.15, 0.2) is 0 Å². The zero-order chi connectivity index (χ0) is 10.9. The molecule has 0 aliphatic carbocycles. The Balaban J connectivity index is 4.95. The molecular formula is C6H8Cl6O. The normalized spacial score (nSPS) is 14.8. The lowest BCUT2D eigenvalue weighted by Gasteiger charge is -2.39. The first kappa shape index (κ1) is 14.7. The molecule has 0 aliphatic heterocycles. The molecular weight excluding hydrogens is 301 g/mol. The van der Waals surface area contributed by atoms with Crippen molar-refractivity contribution in [2.45, 2.75) is 26.3 Å². The zero-order valence-electron chi connectivity index (χ0n) is 6.63. The van der Waals surface area contributed by atoms with Crippen LogP contribution in [0, 0.1) is 0 Å². The second-order valence-corrected chi connectivity index (χ2v) is 6.79. The molecule has 13 heavy (non-hydrogen) atoms. The highest BCUT2D eigenvalue weighted by Gasteiger charge is 2.59. The van der Waals surface area contributed by atoms with Gasteiger partial charge in [0.2, 0.25) is 0 Å². The molecule has 0 aromatic carbocycles. The summed E-state index contributed by atoms with van der Waals surface area (Å²) in [5, 5.41) is 8.84. The van der Waals surface area contributed by atoms with Gasteiger partial charge in [0.05, 0.1) is 6.61 Å². The molecule has 0 rings (SSSR count). The minimum atomic E-state index is -1.85. The van der Waals surface area contributed by atoms with Crippen LogP contribution in [0.2, 0.25) is 0 Å². The maximum atomic E-state index is 8.84. The number of aliphatic hydroxyl groups excluding tert-OH is 1. The molecule has 0 radical (unpaired) electrons. The smallest absolute Gasteiger partial charge is 0.185 e. The van der Waals surface area contributed by atoms with E-state index in [4.69, 9.17) is 74.7 Å². The minimum Gasteiger partial charge on any atom is -0.393 e. The van der Waals surface area contributed by atoms with Crippen LogP contribution in [0.4, 0.5) is 0 Å². The number of alkyl halides is 6. The maximum Gasteiger partial charge on any atom is 0.185 e. The molecule has 0 atom stereocenters. The van der Waals surface area contributed by atoms with Crippen LogP contribution in [0.5, 0.6) is 0 Å². The van der Waals surface area contributed by atoms with Crippen LogP contribution in [-0.2, 0) is 0 Å². The topological polar surface area (TPSA) is 20.2 Å². The lowest BCUT2D eigenvalue weighted by molar-refractivity contribution is 0.265. The molecule has 0 spiro atoms. The van der Waals surface area contributed by atoms with E-state index in [1.54, 1.807) is 6.92 Å². The molecule has 1 nitrogen and oxygen atoms in total. The molecule has 0 saturated carbocycles. The largest absolute Gasteiger partial charge is 0.393 e. The van der Waals surface area contributed by atoms with E-state index in [1.807, 2.05) is 0 Å². The van der Waals surface area contributed by atoms with Gasteiger partial charge in [-0.1, -0.05) is 76.5 Å². The summed E-state index contributed by atoms with van der Waals surface area (Å²) >= 11 is 34.5. The Morgan fingerprint density at radius 2 is 1.31 bits per heavy atom. The van der Waals surface area contributed by atoms with Crippen molar-refractivity contribution >= 4 is 69.6 Å². The predicted octanol–water partition coefficient (Wildman–Crippen LogP) is 3.91. The average molecular weight is 309 g/mol. The van der Waals surface area contributed by atoms with Gasteiger partial charge in [0.25, 0.3) is 0 Å². The summed E-state index contributed by atoms with van der Waals surface area (Å²) < 4.78 is -5.19. The van der Waals surface area contributed by atoms with Crippen LogP contribution in [-0.4, -0.2) is 24.7 Å². The van der Waals surface area contributed by atoms with Gasteiger partial charge >= 0.3 is 0 Å². The molecule has 0 amide bonds. The summed E-state index contributed by atoms with van der Waals surface area (Å²) in [6.45, 7) is 1.02. The summed E-state index contributed by atoms with van der Waals surface area (Å²) in [6.07, 6.45) is 0.240. The predicted molar refractivity (Wildman–Crippen MR) is 60.7 cm³/mol. The first-order valence-electron chi connectivity index (χ1n) is 3.36. The van der Waals surface area contributed by atoms with E-state index >= 15 is 0 Å². The van der Waals surface area contributed by atoms with Gasteiger partial charge in [-0.15, -0.1) is 0 Å². The van der Waals surface area contributed by atoms with E-state index < -0.39 is 19.6 Å². The van der Waals surface area contributed by atoms with Crippen molar-refractivity contribution in [1.82, 2.24) is 0 Å². The van der Waals surface area contributed by atoms with Gasteiger partial charge in [0, 0.05) is 0 Å². The summed E-state index contributed by atoms with van der Waals surface area (Å²) in [5.74, 6) is 0. The summed E-state index contributed by atoms with van der Waals surface area (Å²) in [5.41, 5.74) is 0. The SMILES string of the molecule is CCC(Cl)(Cl)C(Cl)(Cl)C(Cl)(Cl)CO. The molecule has 0 saturated heterocycles. The fraction of sp³-hybridized carbons (Fsp3) is 1.00. The Labute approximate surface area is 107 Å². The lowest BCUT2D eigenvalue weighted by atomic mass is 10.1. The van der Waals surface area contributed by atoms with Gasteiger partial charge in [-0.3, -0.25) is 0 Å². The van der Waals surface area contributed by atoms with E-state index in [2.05, 4.69) is 0 Å². The summed E-state index contributed by atoms with van der Waals surface area (Å²) in [4.78, 5) is 0. The van der Waals surface area contributed by atoms with Crippen molar-refractivity contribution in [3.8, 4) is 0 Å². The summed E-state index contributed by atoms with van der Waals surface area (Å²) in [6, 6.07) is 0. The molecule has 1 N–H and O–H groups in total. The van der Waals surface area contributed by atoms with Crippen molar-refractivity contribution < 1.29 is 5.11 Å². The monoisotopic (exact) mass is 306 g/mol. The van der Waals surface area contributed by atoms with Crippen molar-refractivity contribution in [3.63, 3.8) is 0 Å². The highest BCUT2D eigenvalue weighted by molar-refractivity contribution is 6.69. The van der Waals surface area contributed by atoms with Crippen molar-refractivity contribution in [2.75, 3.05) is 6.61 Å². The third-order valence-electron chi connectivity index (χ3n) is 1.56. The van der Waals surface area contributed by atoms with Crippen LogP contribution in [0.3, 0.4) is 0 Å². The van der Waals surface area contributed by atoms with Gasteiger partial charge in [-0.2, -0.15) is 0 Å². The molecule has 80 valence electrons. The number of halogens is 6. The second-order valence-electron chi connectivity index (χ2n) is 2.49. The van der Waals surface area contributed by atoms with Crippen LogP contribution < -0.4 is 0 Å². The van der Waals surface area contributed by atoms with E-state index in [0.717, 1.165) is 0 Å². The van der Waals surface area contributed by atoms with Gasteiger partial charge in [-0.25, -0.2) is 0 Å². The van der Waals surface area contributed by atoms with E-state index in [1.165, 1.54) is 0 Å². The lowest BCUT2D eigenvalue weighted by Crippen LogP contribution is -2.51. The Morgan fingerprint density at radius 3 is 1.54 bits per heavy atom. The number of hydrogen-bond donors (Lipinski definition) is 1. The second kappa shape index (κ2) is 4.69. The average Bonchev–Trinajstić information content (AvgIpc) is 2.03. The van der Waals surface area contributed by atoms with Crippen LogP contribution in [0.25, 0.3) is 0 Å². The number of rotatable bonds is 4. The van der Waals surface area contributed by atoms with Gasteiger partial charge in [0.1, 0.15) is 0 Å². The van der Waals surface area contributed by atoms with E-state index in [9.17, 15) is 0 Å². The van der Waals surface area contributed by atoms with Crippen LogP contribution in [0.1, 0.15) is 13.3 Å². The fourth-order valence-corrected chi connectivity index (χ4v) is 1.81. The van der Waals surface area contributed by atoms with Gasteiger partial charge in [-0.05, 0) is 6.42 Å². The Hall–Kier alpha value is 1.70. The zero-order valence-corrected chi connectivity index (χ0v) is 11.2. The molecule has 0 aromatic rings. The van der Waals surface area contributed by atoms with Gasteiger partial charge in [0.15, 0.2) is 13.0 Å². The number of hydrogen-bond acceptors (Lipinski definition) is 1. The first-order valence-corrected chi connectivity index (χ1v) is 5.63. The standard InChI is InChI=1S/C6H8Cl6O/c1-2-4(7,8)6(11,12)5(9,10)3-13/h13H,2-3H2,1H3. The molecule has 0 heterocycles. The molecule has 7 heteroatoms. The minimum absolute atomic E-state index is 0.240. The molecule has 0 aromatic heterocycles. The molecule has 0 unspecified atom stereocenters. The number of aliphatic hydroxyl groups is 1. The highest BCUT2D eigenvalue weighted by Crippen LogP contribution is 2.55.